The number of fused-ring (bicyclic) bond motifs is 1. The van der Waals surface area contributed by atoms with E-state index in [0.717, 1.165) is 37.2 Å². The number of H-pyrrole nitrogens is 1. The van der Waals surface area contributed by atoms with Crippen LogP contribution in [-0.2, 0) is 11.3 Å². The highest BCUT2D eigenvalue weighted by Gasteiger charge is 2.24. The van der Waals surface area contributed by atoms with Gasteiger partial charge in [-0.1, -0.05) is 12.1 Å². The van der Waals surface area contributed by atoms with Crippen LogP contribution in [0.1, 0.15) is 29.9 Å². The fourth-order valence-corrected chi connectivity index (χ4v) is 3.66. The SMILES string of the molecule is COc1ccc(COC2CCN(c3c(C)nc4nc(C)[nH]n4c3=O)CC2)cc1. The molecule has 2 aromatic heterocycles. The van der Waals surface area contributed by atoms with E-state index in [2.05, 4.69) is 20.0 Å². The molecule has 0 aliphatic carbocycles. The maximum Gasteiger partial charge on any atom is 0.297 e. The molecule has 8 nitrogen and oxygen atoms in total. The quantitative estimate of drug-likeness (QED) is 0.727. The first-order chi connectivity index (χ1) is 13.5. The summed E-state index contributed by atoms with van der Waals surface area (Å²) in [5.74, 6) is 1.94. The van der Waals surface area contributed by atoms with Crippen molar-refractivity contribution in [3.63, 3.8) is 0 Å². The van der Waals surface area contributed by atoms with Gasteiger partial charge in [-0.15, -0.1) is 0 Å². The van der Waals surface area contributed by atoms with Crippen LogP contribution in [0.2, 0.25) is 0 Å². The molecule has 1 saturated heterocycles. The Balaban J connectivity index is 1.40. The zero-order valence-corrected chi connectivity index (χ0v) is 16.4. The predicted octanol–water partition coefficient (Wildman–Crippen LogP) is 2.23. The Kier molecular flexibility index (Phi) is 5.04. The summed E-state index contributed by atoms with van der Waals surface area (Å²) in [6.45, 7) is 5.80. The van der Waals surface area contributed by atoms with E-state index < -0.39 is 0 Å². The molecule has 0 spiro atoms. The van der Waals surface area contributed by atoms with Gasteiger partial charge in [0.25, 0.3) is 11.3 Å². The highest BCUT2D eigenvalue weighted by atomic mass is 16.5. The molecule has 0 radical (unpaired) electrons. The Morgan fingerprint density at radius 3 is 2.54 bits per heavy atom. The van der Waals surface area contributed by atoms with E-state index in [1.165, 1.54) is 4.52 Å². The Labute approximate surface area is 163 Å². The molecule has 1 N–H and O–H groups in total. The number of anilines is 1. The van der Waals surface area contributed by atoms with Crippen LogP contribution < -0.4 is 15.2 Å². The minimum absolute atomic E-state index is 0.0966. The van der Waals surface area contributed by atoms with Gasteiger partial charge in [-0.05, 0) is 44.4 Å². The lowest BCUT2D eigenvalue weighted by Crippen LogP contribution is -2.41. The lowest BCUT2D eigenvalue weighted by atomic mass is 10.1. The molecule has 1 aliphatic heterocycles. The smallest absolute Gasteiger partial charge is 0.297 e. The predicted molar refractivity (Wildman–Crippen MR) is 106 cm³/mol. The molecule has 0 unspecified atom stereocenters. The van der Waals surface area contributed by atoms with Gasteiger partial charge < -0.3 is 14.4 Å². The number of nitrogens with one attached hydrogen (secondary N) is 1. The van der Waals surface area contributed by atoms with Gasteiger partial charge in [0.05, 0.1) is 25.5 Å². The van der Waals surface area contributed by atoms with Gasteiger partial charge in [0.2, 0.25) is 0 Å². The fraction of sp³-hybridized carbons (Fsp3) is 0.450. The van der Waals surface area contributed by atoms with E-state index in [1.54, 1.807) is 7.11 Å². The van der Waals surface area contributed by atoms with Crippen molar-refractivity contribution in [1.29, 1.82) is 0 Å². The summed E-state index contributed by atoms with van der Waals surface area (Å²) in [7, 11) is 1.66. The van der Waals surface area contributed by atoms with Crippen molar-refractivity contribution in [3.05, 3.63) is 51.7 Å². The van der Waals surface area contributed by atoms with Gasteiger partial charge in [0.1, 0.15) is 17.3 Å². The molecule has 3 heterocycles. The highest BCUT2D eigenvalue weighted by Crippen LogP contribution is 2.22. The van der Waals surface area contributed by atoms with Crippen molar-refractivity contribution in [2.75, 3.05) is 25.1 Å². The molecule has 0 bridgehead atoms. The van der Waals surface area contributed by atoms with E-state index in [1.807, 2.05) is 38.1 Å². The second-order valence-electron chi connectivity index (χ2n) is 7.14. The number of benzene rings is 1. The molecule has 4 rings (SSSR count). The third kappa shape index (κ3) is 3.60. The first-order valence-electron chi connectivity index (χ1n) is 9.50. The van der Waals surface area contributed by atoms with Crippen LogP contribution in [0.15, 0.2) is 29.1 Å². The third-order valence-electron chi connectivity index (χ3n) is 5.16. The zero-order chi connectivity index (χ0) is 19.7. The van der Waals surface area contributed by atoms with Gasteiger partial charge in [-0.3, -0.25) is 9.89 Å². The fourth-order valence-electron chi connectivity index (χ4n) is 3.66. The van der Waals surface area contributed by atoms with Gasteiger partial charge in [0.15, 0.2) is 0 Å². The topological polar surface area (TPSA) is 84.8 Å². The summed E-state index contributed by atoms with van der Waals surface area (Å²) < 4.78 is 12.7. The molecule has 148 valence electrons. The van der Waals surface area contributed by atoms with E-state index in [9.17, 15) is 4.79 Å². The summed E-state index contributed by atoms with van der Waals surface area (Å²) in [5.41, 5.74) is 2.39. The number of aromatic nitrogens is 4. The Morgan fingerprint density at radius 1 is 1.14 bits per heavy atom. The van der Waals surface area contributed by atoms with Crippen molar-refractivity contribution in [2.24, 2.45) is 0 Å². The molecule has 28 heavy (non-hydrogen) atoms. The van der Waals surface area contributed by atoms with Crippen LogP contribution in [0.5, 0.6) is 5.75 Å². The molecule has 0 atom stereocenters. The zero-order valence-electron chi connectivity index (χ0n) is 16.4. The number of rotatable bonds is 5. The second kappa shape index (κ2) is 7.63. The third-order valence-corrected chi connectivity index (χ3v) is 5.16. The van der Waals surface area contributed by atoms with Crippen LogP contribution in [0, 0.1) is 13.8 Å². The number of hydrogen-bond acceptors (Lipinski definition) is 6. The summed E-state index contributed by atoms with van der Waals surface area (Å²) >= 11 is 0. The maximum absolute atomic E-state index is 12.9. The number of hydrogen-bond donors (Lipinski definition) is 1. The number of aromatic amines is 1. The summed E-state index contributed by atoms with van der Waals surface area (Å²) in [4.78, 5) is 23.7. The number of nitrogens with zero attached hydrogens (tertiary/aromatic N) is 4. The number of methoxy groups -OCH3 is 1. The van der Waals surface area contributed by atoms with Crippen molar-refractivity contribution in [3.8, 4) is 5.75 Å². The van der Waals surface area contributed by atoms with Crippen LogP contribution in [0.3, 0.4) is 0 Å². The molecule has 8 heteroatoms. The van der Waals surface area contributed by atoms with Crippen molar-refractivity contribution >= 4 is 11.5 Å². The standard InChI is InChI=1S/C20H25N5O3/c1-13-18(19(26)25-20(21-13)22-14(2)23-25)24-10-8-17(9-11-24)28-12-15-4-6-16(27-3)7-5-15/h4-7,17H,8-12H2,1-3H3,(H,21,22,23). The normalized spacial score (nSPS) is 15.3. The Morgan fingerprint density at radius 2 is 1.86 bits per heavy atom. The summed E-state index contributed by atoms with van der Waals surface area (Å²) in [6, 6.07) is 7.92. The largest absolute Gasteiger partial charge is 0.497 e. The Bertz CT molecular complexity index is 1020. The van der Waals surface area contributed by atoms with Gasteiger partial charge in [-0.2, -0.15) is 9.50 Å². The number of ether oxygens (including phenoxy) is 2. The molecular formula is C20H25N5O3. The Hall–Kier alpha value is -2.87. The second-order valence-corrected chi connectivity index (χ2v) is 7.14. The van der Waals surface area contributed by atoms with Crippen molar-refractivity contribution in [2.45, 2.75) is 39.4 Å². The van der Waals surface area contributed by atoms with Crippen LogP contribution in [0.25, 0.3) is 5.78 Å². The lowest BCUT2D eigenvalue weighted by Gasteiger charge is -2.33. The van der Waals surface area contributed by atoms with E-state index >= 15 is 0 Å². The average molecular weight is 383 g/mol. The van der Waals surface area contributed by atoms with Gasteiger partial charge >= 0.3 is 0 Å². The molecule has 3 aromatic rings. The van der Waals surface area contributed by atoms with Crippen molar-refractivity contribution in [1.82, 2.24) is 19.6 Å². The monoisotopic (exact) mass is 383 g/mol. The van der Waals surface area contributed by atoms with Gasteiger partial charge in [0, 0.05) is 13.1 Å². The molecule has 1 fully saturated rings. The number of piperidine rings is 1. The van der Waals surface area contributed by atoms with Crippen molar-refractivity contribution < 1.29 is 9.47 Å². The number of aryl methyl sites for hydroxylation is 2. The molecule has 0 amide bonds. The lowest BCUT2D eigenvalue weighted by molar-refractivity contribution is 0.0251. The minimum Gasteiger partial charge on any atom is -0.497 e. The van der Waals surface area contributed by atoms with Crippen LogP contribution in [0.4, 0.5) is 5.69 Å². The van der Waals surface area contributed by atoms with Gasteiger partial charge in [-0.25, -0.2) is 4.98 Å². The van der Waals surface area contributed by atoms with Crippen LogP contribution >= 0.6 is 0 Å². The average Bonchev–Trinajstić information content (AvgIpc) is 3.08. The van der Waals surface area contributed by atoms with Crippen LogP contribution in [-0.4, -0.2) is 45.9 Å². The minimum atomic E-state index is -0.0966. The molecule has 1 aromatic carbocycles. The maximum atomic E-state index is 12.9. The van der Waals surface area contributed by atoms with E-state index in [0.29, 0.717) is 29.6 Å². The first-order valence-corrected chi connectivity index (χ1v) is 9.50. The van der Waals surface area contributed by atoms with E-state index in [-0.39, 0.29) is 11.7 Å². The highest BCUT2D eigenvalue weighted by molar-refractivity contribution is 5.52. The summed E-state index contributed by atoms with van der Waals surface area (Å²) in [5, 5.41) is 2.96. The van der Waals surface area contributed by atoms with E-state index in [4.69, 9.17) is 9.47 Å². The molecular weight excluding hydrogens is 358 g/mol. The molecule has 1 aliphatic rings. The summed E-state index contributed by atoms with van der Waals surface area (Å²) in [6.07, 6.45) is 1.94. The molecule has 0 saturated carbocycles. The first kappa shape index (κ1) is 18.5.